The van der Waals surface area contributed by atoms with Crippen molar-refractivity contribution >= 4 is 5.91 Å². The van der Waals surface area contributed by atoms with Gasteiger partial charge in [0.15, 0.2) is 0 Å². The second kappa shape index (κ2) is 4.75. The van der Waals surface area contributed by atoms with E-state index in [0.717, 1.165) is 12.8 Å². The Labute approximate surface area is 101 Å². The third-order valence-corrected chi connectivity index (χ3v) is 3.38. The maximum atomic E-state index is 11.4. The van der Waals surface area contributed by atoms with Crippen LogP contribution in [0.2, 0.25) is 0 Å². The summed E-state index contributed by atoms with van der Waals surface area (Å²) < 4.78 is 0. The SMILES string of the molecule is CNC(=O)CN(C)C1CCc2cc(O)ccc21. The summed E-state index contributed by atoms with van der Waals surface area (Å²) in [6.07, 6.45) is 1.97. The monoisotopic (exact) mass is 234 g/mol. The average Bonchev–Trinajstić information content (AvgIpc) is 2.71. The number of hydrogen-bond acceptors (Lipinski definition) is 3. The topological polar surface area (TPSA) is 52.6 Å². The number of aromatic hydroxyl groups is 1. The van der Waals surface area contributed by atoms with Crippen molar-refractivity contribution in [3.05, 3.63) is 29.3 Å². The van der Waals surface area contributed by atoms with Crippen LogP contribution in [-0.2, 0) is 11.2 Å². The summed E-state index contributed by atoms with van der Waals surface area (Å²) >= 11 is 0. The van der Waals surface area contributed by atoms with Gasteiger partial charge < -0.3 is 10.4 Å². The molecular weight excluding hydrogens is 216 g/mol. The number of nitrogens with zero attached hydrogens (tertiary/aromatic N) is 1. The molecular formula is C13H18N2O2. The molecule has 1 unspecified atom stereocenters. The lowest BCUT2D eigenvalue weighted by Gasteiger charge is -2.24. The number of phenolic OH excluding ortho intramolecular Hbond substituents is 1. The first-order valence-corrected chi connectivity index (χ1v) is 5.84. The zero-order valence-corrected chi connectivity index (χ0v) is 10.2. The van der Waals surface area contributed by atoms with Crippen LogP contribution in [0, 0.1) is 0 Å². The van der Waals surface area contributed by atoms with Gasteiger partial charge in [-0.3, -0.25) is 9.69 Å². The molecule has 0 saturated heterocycles. The number of carbonyl (C=O) groups is 1. The number of aryl methyl sites for hydroxylation is 1. The normalized spacial score (nSPS) is 18.2. The summed E-state index contributed by atoms with van der Waals surface area (Å²) in [5, 5.41) is 12.1. The van der Waals surface area contributed by atoms with Crippen LogP contribution in [0.1, 0.15) is 23.6 Å². The van der Waals surface area contributed by atoms with E-state index in [1.165, 1.54) is 11.1 Å². The van der Waals surface area contributed by atoms with Crippen LogP contribution in [0.25, 0.3) is 0 Å². The van der Waals surface area contributed by atoms with Crippen molar-refractivity contribution < 1.29 is 9.90 Å². The van der Waals surface area contributed by atoms with E-state index < -0.39 is 0 Å². The quantitative estimate of drug-likeness (QED) is 0.822. The number of amides is 1. The van der Waals surface area contributed by atoms with Crippen molar-refractivity contribution in [3.63, 3.8) is 0 Å². The minimum absolute atomic E-state index is 0.0275. The smallest absolute Gasteiger partial charge is 0.233 e. The predicted octanol–water partition coefficient (Wildman–Crippen LogP) is 1.06. The molecule has 4 nitrogen and oxygen atoms in total. The third kappa shape index (κ3) is 2.42. The van der Waals surface area contributed by atoms with Gasteiger partial charge in [0.2, 0.25) is 5.91 Å². The number of hydrogen-bond donors (Lipinski definition) is 2. The standard InChI is InChI=1S/C13H18N2O2/c1-14-13(17)8-15(2)12-6-3-9-7-10(16)4-5-11(9)12/h4-5,7,12,16H,3,6,8H2,1-2H3,(H,14,17). The van der Waals surface area contributed by atoms with Crippen molar-refractivity contribution in [2.45, 2.75) is 18.9 Å². The van der Waals surface area contributed by atoms with Crippen LogP contribution in [0.3, 0.4) is 0 Å². The lowest BCUT2D eigenvalue weighted by molar-refractivity contribution is -0.121. The minimum atomic E-state index is 0.0275. The fourth-order valence-electron chi connectivity index (χ4n) is 2.46. The summed E-state index contributed by atoms with van der Waals surface area (Å²) in [7, 11) is 3.61. The average molecular weight is 234 g/mol. The molecule has 4 heteroatoms. The highest BCUT2D eigenvalue weighted by molar-refractivity contribution is 5.77. The van der Waals surface area contributed by atoms with Gasteiger partial charge in [-0.05, 0) is 43.1 Å². The molecule has 0 radical (unpaired) electrons. The van der Waals surface area contributed by atoms with E-state index in [4.69, 9.17) is 0 Å². The number of rotatable bonds is 3. The predicted molar refractivity (Wildman–Crippen MR) is 65.9 cm³/mol. The fourth-order valence-corrected chi connectivity index (χ4v) is 2.46. The van der Waals surface area contributed by atoms with Gasteiger partial charge in [-0.15, -0.1) is 0 Å². The van der Waals surface area contributed by atoms with E-state index in [2.05, 4.69) is 10.2 Å². The molecule has 1 atom stereocenters. The Hall–Kier alpha value is -1.55. The van der Waals surface area contributed by atoms with Crippen LogP contribution < -0.4 is 5.32 Å². The summed E-state index contributed by atoms with van der Waals surface area (Å²) in [5.74, 6) is 0.345. The third-order valence-electron chi connectivity index (χ3n) is 3.38. The molecule has 0 spiro atoms. The van der Waals surface area contributed by atoms with Crippen molar-refractivity contribution in [3.8, 4) is 5.75 Å². The van der Waals surface area contributed by atoms with Crippen LogP contribution in [0.15, 0.2) is 18.2 Å². The molecule has 1 aromatic carbocycles. The second-order valence-electron chi connectivity index (χ2n) is 4.53. The van der Waals surface area contributed by atoms with Gasteiger partial charge in [0.1, 0.15) is 5.75 Å². The molecule has 1 amide bonds. The summed E-state index contributed by atoms with van der Waals surface area (Å²) in [6, 6.07) is 5.78. The molecule has 92 valence electrons. The molecule has 0 aliphatic heterocycles. The van der Waals surface area contributed by atoms with Crippen LogP contribution in [0.5, 0.6) is 5.75 Å². The molecule has 1 aliphatic carbocycles. The van der Waals surface area contributed by atoms with E-state index in [1.807, 2.05) is 19.2 Å². The Morgan fingerprint density at radius 2 is 2.35 bits per heavy atom. The van der Waals surface area contributed by atoms with E-state index in [9.17, 15) is 9.90 Å². The molecule has 0 heterocycles. The number of carbonyl (C=O) groups excluding carboxylic acids is 1. The van der Waals surface area contributed by atoms with E-state index >= 15 is 0 Å². The highest BCUT2D eigenvalue weighted by atomic mass is 16.3. The Kier molecular flexibility index (Phi) is 3.33. The molecule has 0 bridgehead atoms. The molecule has 0 fully saturated rings. The maximum absolute atomic E-state index is 11.4. The summed E-state index contributed by atoms with van der Waals surface area (Å²) in [5.41, 5.74) is 2.42. The highest BCUT2D eigenvalue weighted by Gasteiger charge is 2.26. The largest absolute Gasteiger partial charge is 0.508 e. The molecule has 1 aliphatic rings. The zero-order chi connectivity index (χ0) is 12.4. The zero-order valence-electron chi connectivity index (χ0n) is 10.2. The van der Waals surface area contributed by atoms with Gasteiger partial charge in [-0.1, -0.05) is 6.07 Å². The Balaban J connectivity index is 2.13. The van der Waals surface area contributed by atoms with Gasteiger partial charge in [0, 0.05) is 13.1 Å². The molecule has 0 aromatic heterocycles. The van der Waals surface area contributed by atoms with Crippen molar-refractivity contribution in [2.75, 3.05) is 20.6 Å². The van der Waals surface area contributed by atoms with Gasteiger partial charge in [0.05, 0.1) is 6.54 Å². The van der Waals surface area contributed by atoms with Crippen LogP contribution >= 0.6 is 0 Å². The Bertz CT molecular complexity index is 431. The summed E-state index contributed by atoms with van der Waals surface area (Å²) in [4.78, 5) is 13.4. The van der Waals surface area contributed by atoms with E-state index in [0.29, 0.717) is 12.3 Å². The van der Waals surface area contributed by atoms with Crippen LogP contribution in [-0.4, -0.2) is 36.6 Å². The lowest BCUT2D eigenvalue weighted by Crippen LogP contribution is -2.34. The molecule has 17 heavy (non-hydrogen) atoms. The Morgan fingerprint density at radius 1 is 1.59 bits per heavy atom. The molecule has 2 rings (SSSR count). The van der Waals surface area contributed by atoms with Crippen molar-refractivity contribution in [1.29, 1.82) is 0 Å². The van der Waals surface area contributed by atoms with Gasteiger partial charge in [-0.25, -0.2) is 0 Å². The number of benzene rings is 1. The number of likely N-dealkylation sites (N-methyl/N-ethyl adjacent to an activating group) is 2. The summed E-state index contributed by atoms with van der Waals surface area (Å²) in [6.45, 7) is 0.404. The maximum Gasteiger partial charge on any atom is 0.233 e. The first-order valence-electron chi connectivity index (χ1n) is 5.84. The first-order chi connectivity index (χ1) is 8.11. The molecule has 2 N–H and O–H groups in total. The second-order valence-corrected chi connectivity index (χ2v) is 4.53. The molecule has 1 aromatic rings. The van der Waals surface area contributed by atoms with E-state index in [-0.39, 0.29) is 11.9 Å². The fraction of sp³-hybridized carbons (Fsp3) is 0.462. The number of nitrogens with one attached hydrogen (secondary N) is 1. The van der Waals surface area contributed by atoms with E-state index in [1.54, 1.807) is 13.1 Å². The highest BCUT2D eigenvalue weighted by Crippen LogP contribution is 2.36. The van der Waals surface area contributed by atoms with Crippen LogP contribution in [0.4, 0.5) is 0 Å². The number of fused-ring (bicyclic) bond motifs is 1. The van der Waals surface area contributed by atoms with Gasteiger partial charge >= 0.3 is 0 Å². The number of phenols is 1. The molecule has 0 saturated carbocycles. The first kappa shape index (κ1) is 11.9. The Morgan fingerprint density at radius 3 is 3.06 bits per heavy atom. The van der Waals surface area contributed by atoms with Crippen molar-refractivity contribution in [2.24, 2.45) is 0 Å². The van der Waals surface area contributed by atoms with Crippen molar-refractivity contribution in [1.82, 2.24) is 10.2 Å². The lowest BCUT2D eigenvalue weighted by atomic mass is 10.1. The van der Waals surface area contributed by atoms with Gasteiger partial charge in [0.25, 0.3) is 0 Å². The van der Waals surface area contributed by atoms with Gasteiger partial charge in [-0.2, -0.15) is 0 Å². The minimum Gasteiger partial charge on any atom is -0.508 e.